The van der Waals surface area contributed by atoms with Crippen LogP contribution in [0.4, 0.5) is 0 Å². The first-order valence-corrected chi connectivity index (χ1v) is 5.78. The van der Waals surface area contributed by atoms with Crippen LogP contribution in [0.1, 0.15) is 50.9 Å². The Morgan fingerprint density at radius 1 is 1.47 bits per heavy atom. The zero-order chi connectivity index (χ0) is 10.7. The molecule has 0 spiro atoms. The second kappa shape index (κ2) is 4.75. The molecule has 1 aliphatic heterocycles. The minimum Gasteiger partial charge on any atom is -0.370 e. The van der Waals surface area contributed by atoms with Crippen molar-refractivity contribution < 1.29 is 4.74 Å². The molecule has 0 bridgehead atoms. The van der Waals surface area contributed by atoms with E-state index in [4.69, 9.17) is 4.74 Å². The number of H-pyrrole nitrogens is 1. The fourth-order valence-corrected chi connectivity index (χ4v) is 1.88. The number of ether oxygens (including phenoxy) is 1. The number of rotatable bonds is 3. The first kappa shape index (κ1) is 10.6. The molecule has 1 atom stereocenters. The number of nitrogens with one attached hydrogen (secondary N) is 1. The lowest BCUT2D eigenvalue weighted by Crippen LogP contribution is -2.12. The molecule has 1 aromatic rings. The highest BCUT2D eigenvalue weighted by molar-refractivity contribution is 4.95. The van der Waals surface area contributed by atoms with Gasteiger partial charge >= 0.3 is 0 Å². The fourth-order valence-electron chi connectivity index (χ4n) is 1.88. The van der Waals surface area contributed by atoms with Crippen LogP contribution in [-0.2, 0) is 11.2 Å². The van der Waals surface area contributed by atoms with Crippen molar-refractivity contribution in [3.05, 3.63) is 11.6 Å². The smallest absolute Gasteiger partial charge is 0.179 e. The summed E-state index contributed by atoms with van der Waals surface area (Å²) in [6.45, 7) is 5.21. The molecule has 0 aromatic carbocycles. The average molecular weight is 209 g/mol. The monoisotopic (exact) mass is 209 g/mol. The number of aromatic amines is 1. The lowest BCUT2D eigenvalue weighted by Gasteiger charge is -2.19. The Bertz CT molecular complexity index is 303. The first-order chi connectivity index (χ1) is 7.25. The highest BCUT2D eigenvalue weighted by atomic mass is 16.5. The summed E-state index contributed by atoms with van der Waals surface area (Å²) in [7, 11) is 0. The van der Waals surface area contributed by atoms with Gasteiger partial charge in [-0.2, -0.15) is 5.10 Å². The van der Waals surface area contributed by atoms with E-state index in [-0.39, 0.29) is 6.10 Å². The van der Waals surface area contributed by atoms with Crippen molar-refractivity contribution in [2.24, 2.45) is 5.92 Å². The van der Waals surface area contributed by atoms with Gasteiger partial charge in [-0.25, -0.2) is 4.98 Å². The third kappa shape index (κ3) is 2.78. The summed E-state index contributed by atoms with van der Waals surface area (Å²) in [6.07, 6.45) is 4.52. The molecule has 1 aliphatic rings. The third-order valence-corrected chi connectivity index (χ3v) is 2.62. The van der Waals surface area contributed by atoms with Crippen LogP contribution in [0.2, 0.25) is 0 Å². The summed E-state index contributed by atoms with van der Waals surface area (Å²) in [5, 5.41) is 7.23. The molecule has 0 saturated carbocycles. The van der Waals surface area contributed by atoms with E-state index >= 15 is 0 Å². The van der Waals surface area contributed by atoms with Crippen LogP contribution in [0, 0.1) is 5.92 Å². The van der Waals surface area contributed by atoms with E-state index < -0.39 is 0 Å². The van der Waals surface area contributed by atoms with Crippen molar-refractivity contribution >= 4 is 0 Å². The molecule has 4 nitrogen and oxygen atoms in total. The summed E-state index contributed by atoms with van der Waals surface area (Å²) >= 11 is 0. The van der Waals surface area contributed by atoms with Crippen molar-refractivity contribution in [1.29, 1.82) is 0 Å². The molecule has 84 valence electrons. The largest absolute Gasteiger partial charge is 0.370 e. The van der Waals surface area contributed by atoms with Crippen LogP contribution in [-0.4, -0.2) is 21.8 Å². The van der Waals surface area contributed by atoms with Crippen LogP contribution >= 0.6 is 0 Å². The summed E-state index contributed by atoms with van der Waals surface area (Å²) in [4.78, 5) is 4.48. The van der Waals surface area contributed by atoms with Gasteiger partial charge in [-0.3, -0.25) is 5.10 Å². The van der Waals surface area contributed by atoms with Gasteiger partial charge in [0.2, 0.25) is 0 Å². The molecule has 1 unspecified atom stereocenters. The van der Waals surface area contributed by atoms with E-state index in [9.17, 15) is 0 Å². The van der Waals surface area contributed by atoms with E-state index in [1.54, 1.807) is 0 Å². The van der Waals surface area contributed by atoms with Gasteiger partial charge in [0.25, 0.3) is 0 Å². The normalized spacial score (nSPS) is 22.2. The first-order valence-electron chi connectivity index (χ1n) is 5.78. The summed E-state index contributed by atoms with van der Waals surface area (Å²) in [5.74, 6) is 2.43. The second-order valence-corrected chi connectivity index (χ2v) is 4.59. The summed E-state index contributed by atoms with van der Waals surface area (Å²) in [6, 6.07) is 0. The van der Waals surface area contributed by atoms with Crippen molar-refractivity contribution in [3.8, 4) is 0 Å². The molecular formula is C11H19N3O. The molecule has 4 heteroatoms. The van der Waals surface area contributed by atoms with Crippen LogP contribution < -0.4 is 0 Å². The van der Waals surface area contributed by atoms with Gasteiger partial charge < -0.3 is 4.74 Å². The number of hydrogen-bond donors (Lipinski definition) is 1. The van der Waals surface area contributed by atoms with Gasteiger partial charge in [0, 0.05) is 13.0 Å². The fraction of sp³-hybridized carbons (Fsp3) is 0.818. The maximum atomic E-state index is 5.64. The molecule has 1 N–H and O–H groups in total. The van der Waals surface area contributed by atoms with Crippen LogP contribution in [0.3, 0.4) is 0 Å². The van der Waals surface area contributed by atoms with Crippen LogP contribution in [0.25, 0.3) is 0 Å². The van der Waals surface area contributed by atoms with Gasteiger partial charge in [-0.05, 0) is 25.2 Å². The van der Waals surface area contributed by atoms with Crippen molar-refractivity contribution in [2.75, 3.05) is 6.61 Å². The molecular weight excluding hydrogens is 190 g/mol. The quantitative estimate of drug-likeness (QED) is 0.830. The Kier molecular flexibility index (Phi) is 3.36. The van der Waals surface area contributed by atoms with E-state index in [1.807, 2.05) is 0 Å². The Hall–Kier alpha value is -0.900. The van der Waals surface area contributed by atoms with Gasteiger partial charge in [0.15, 0.2) is 5.82 Å². The minimum absolute atomic E-state index is 0.121. The maximum Gasteiger partial charge on any atom is 0.179 e. The van der Waals surface area contributed by atoms with Gasteiger partial charge in [0.1, 0.15) is 11.9 Å². The zero-order valence-corrected chi connectivity index (χ0v) is 9.49. The number of nitrogens with zero attached hydrogens (tertiary/aromatic N) is 2. The van der Waals surface area contributed by atoms with E-state index in [0.717, 1.165) is 31.1 Å². The van der Waals surface area contributed by atoms with Gasteiger partial charge in [0.05, 0.1) is 0 Å². The van der Waals surface area contributed by atoms with Gasteiger partial charge in [-0.1, -0.05) is 13.8 Å². The average Bonchev–Trinajstić information content (AvgIpc) is 2.67. The minimum atomic E-state index is 0.121. The van der Waals surface area contributed by atoms with Crippen molar-refractivity contribution in [2.45, 2.75) is 45.6 Å². The van der Waals surface area contributed by atoms with Crippen LogP contribution in [0.5, 0.6) is 0 Å². The molecule has 2 rings (SSSR count). The zero-order valence-electron chi connectivity index (χ0n) is 9.49. The summed E-state index contributed by atoms with van der Waals surface area (Å²) < 4.78 is 5.64. The summed E-state index contributed by atoms with van der Waals surface area (Å²) in [5.41, 5.74) is 0. The molecule has 0 radical (unpaired) electrons. The van der Waals surface area contributed by atoms with Gasteiger partial charge in [-0.15, -0.1) is 0 Å². The molecule has 15 heavy (non-hydrogen) atoms. The Labute approximate surface area is 90.4 Å². The Balaban J connectivity index is 1.99. The number of aromatic nitrogens is 3. The van der Waals surface area contributed by atoms with Crippen molar-refractivity contribution in [3.63, 3.8) is 0 Å². The molecule has 1 fully saturated rings. The maximum absolute atomic E-state index is 5.64. The predicted molar refractivity (Wildman–Crippen MR) is 57.5 cm³/mol. The lowest BCUT2D eigenvalue weighted by molar-refractivity contribution is 0.00962. The van der Waals surface area contributed by atoms with Crippen LogP contribution in [0.15, 0.2) is 0 Å². The third-order valence-electron chi connectivity index (χ3n) is 2.62. The van der Waals surface area contributed by atoms with E-state index in [1.165, 1.54) is 12.8 Å². The molecule has 0 amide bonds. The molecule has 1 saturated heterocycles. The number of hydrogen-bond acceptors (Lipinski definition) is 3. The van der Waals surface area contributed by atoms with Crippen molar-refractivity contribution in [1.82, 2.24) is 15.2 Å². The highest BCUT2D eigenvalue weighted by Gasteiger charge is 2.20. The topological polar surface area (TPSA) is 50.8 Å². The predicted octanol–water partition coefficient (Wildman–Crippen LogP) is 2.24. The lowest BCUT2D eigenvalue weighted by atomic mass is 10.1. The molecule has 1 aromatic heterocycles. The molecule has 0 aliphatic carbocycles. The Morgan fingerprint density at radius 3 is 3.00 bits per heavy atom. The highest BCUT2D eigenvalue weighted by Crippen LogP contribution is 2.25. The SMILES string of the molecule is CC(C)Cc1nc(C2CCCCO2)n[nH]1. The standard InChI is InChI=1S/C11H19N3O/c1-8(2)7-10-12-11(14-13-10)9-5-3-4-6-15-9/h8-9H,3-7H2,1-2H3,(H,12,13,14). The Morgan fingerprint density at radius 2 is 2.33 bits per heavy atom. The van der Waals surface area contributed by atoms with E-state index in [2.05, 4.69) is 29.0 Å². The molecule has 2 heterocycles. The van der Waals surface area contributed by atoms with E-state index in [0.29, 0.717) is 5.92 Å². The second-order valence-electron chi connectivity index (χ2n) is 4.59.